The Labute approximate surface area is 146 Å². The van der Waals surface area contributed by atoms with Crippen molar-refractivity contribution in [2.24, 2.45) is 11.1 Å². The molecule has 0 amide bonds. The van der Waals surface area contributed by atoms with E-state index in [1.165, 1.54) is 31.4 Å². The van der Waals surface area contributed by atoms with Gasteiger partial charge in [0.1, 0.15) is 6.61 Å². The third-order valence-electron chi connectivity index (χ3n) is 4.29. The number of hydrogen-bond donors (Lipinski definition) is 0. The summed E-state index contributed by atoms with van der Waals surface area (Å²) >= 11 is 5.90. The summed E-state index contributed by atoms with van der Waals surface area (Å²) in [6, 6.07) is 3.58. The molecule has 1 aliphatic rings. The summed E-state index contributed by atoms with van der Waals surface area (Å²) < 4.78 is 39.8. The summed E-state index contributed by atoms with van der Waals surface area (Å²) in [5.74, 6) is 0.451. The quantitative estimate of drug-likeness (QED) is 0.421. The Bertz CT molecular complexity index is 566. The first-order valence-corrected chi connectivity index (χ1v) is 8.85. The van der Waals surface area contributed by atoms with Crippen molar-refractivity contribution in [2.45, 2.75) is 58.0 Å². The van der Waals surface area contributed by atoms with Crippen molar-refractivity contribution in [3.63, 3.8) is 0 Å². The van der Waals surface area contributed by atoms with Crippen LogP contribution in [-0.2, 0) is 11.0 Å². The van der Waals surface area contributed by atoms with Crippen LogP contribution in [0.25, 0.3) is 0 Å². The van der Waals surface area contributed by atoms with E-state index in [0.717, 1.165) is 18.9 Å². The fraction of sp³-hybridized carbons (Fsp3) is 0.611. The molecule has 24 heavy (non-hydrogen) atoms. The lowest BCUT2D eigenvalue weighted by molar-refractivity contribution is -0.137. The van der Waals surface area contributed by atoms with Crippen LogP contribution in [0.3, 0.4) is 0 Å². The van der Waals surface area contributed by atoms with Gasteiger partial charge in [-0.2, -0.15) is 13.2 Å². The first-order chi connectivity index (χ1) is 11.4. The largest absolute Gasteiger partial charge is 0.417 e. The topological polar surface area (TPSA) is 21.6 Å². The highest BCUT2D eigenvalue weighted by Gasteiger charge is 2.34. The van der Waals surface area contributed by atoms with Gasteiger partial charge in [0, 0.05) is 10.6 Å². The molecule has 1 saturated carbocycles. The van der Waals surface area contributed by atoms with Crippen LogP contribution in [0, 0.1) is 5.92 Å². The number of nitrogens with zero attached hydrogens (tertiary/aromatic N) is 1. The van der Waals surface area contributed by atoms with Gasteiger partial charge in [0.25, 0.3) is 0 Å². The van der Waals surface area contributed by atoms with Gasteiger partial charge in [-0.05, 0) is 43.4 Å². The molecule has 2 rings (SSSR count). The minimum Gasteiger partial charge on any atom is -0.395 e. The van der Waals surface area contributed by atoms with Crippen LogP contribution in [-0.4, -0.2) is 12.3 Å². The van der Waals surface area contributed by atoms with E-state index in [2.05, 4.69) is 5.16 Å². The van der Waals surface area contributed by atoms with Crippen LogP contribution >= 0.6 is 11.6 Å². The highest BCUT2D eigenvalue weighted by atomic mass is 35.5. The van der Waals surface area contributed by atoms with Crippen LogP contribution in [0.2, 0.25) is 5.02 Å². The molecule has 2 nitrogen and oxygen atoms in total. The SMILES string of the molecule is CCCC(=NOCC1CCCCC1)c1cc(Cl)ccc1C(F)(F)F. The van der Waals surface area contributed by atoms with Crippen LogP contribution < -0.4 is 0 Å². The summed E-state index contributed by atoms with van der Waals surface area (Å²) in [5.41, 5.74) is -0.399. The third-order valence-corrected chi connectivity index (χ3v) is 4.53. The molecule has 0 spiro atoms. The van der Waals surface area contributed by atoms with Crippen molar-refractivity contribution in [3.8, 4) is 0 Å². The molecule has 0 aliphatic heterocycles. The number of halogens is 4. The number of oxime groups is 1. The molecule has 1 aromatic rings. The van der Waals surface area contributed by atoms with Crippen molar-refractivity contribution in [2.75, 3.05) is 6.61 Å². The molecule has 0 atom stereocenters. The number of hydrogen-bond acceptors (Lipinski definition) is 2. The van der Waals surface area contributed by atoms with Crippen molar-refractivity contribution < 1.29 is 18.0 Å². The second-order valence-corrected chi connectivity index (χ2v) is 6.71. The summed E-state index contributed by atoms with van der Waals surface area (Å²) in [5, 5.41) is 4.31. The lowest BCUT2D eigenvalue weighted by Gasteiger charge is -2.20. The average molecular weight is 362 g/mol. The summed E-state index contributed by atoms with van der Waals surface area (Å²) in [6.45, 7) is 2.36. The molecule has 1 aliphatic carbocycles. The molecule has 0 N–H and O–H groups in total. The molecule has 0 aromatic heterocycles. The van der Waals surface area contributed by atoms with E-state index in [1.807, 2.05) is 6.92 Å². The van der Waals surface area contributed by atoms with Gasteiger partial charge < -0.3 is 4.84 Å². The molecule has 6 heteroatoms. The Kier molecular flexibility index (Phi) is 6.96. The second kappa shape index (κ2) is 8.75. The van der Waals surface area contributed by atoms with E-state index in [1.54, 1.807) is 0 Å². The number of rotatable bonds is 6. The van der Waals surface area contributed by atoms with Crippen molar-refractivity contribution in [1.82, 2.24) is 0 Å². The van der Waals surface area contributed by atoms with Gasteiger partial charge in [-0.1, -0.05) is 49.4 Å². The fourth-order valence-corrected chi connectivity index (χ4v) is 3.22. The van der Waals surface area contributed by atoms with Crippen LogP contribution in [0.4, 0.5) is 13.2 Å². The zero-order valence-electron chi connectivity index (χ0n) is 13.8. The highest BCUT2D eigenvalue weighted by molar-refractivity contribution is 6.31. The maximum absolute atomic E-state index is 13.3. The molecular formula is C18H23ClF3NO. The fourth-order valence-electron chi connectivity index (χ4n) is 3.04. The smallest absolute Gasteiger partial charge is 0.395 e. The first kappa shape index (κ1) is 19.1. The standard InChI is InChI=1S/C18H23ClF3NO/c1-2-6-17(23-24-12-13-7-4-3-5-8-13)15-11-14(19)9-10-16(15)18(20,21)22/h9-11,13H,2-8,12H2,1H3. The van der Waals surface area contributed by atoms with Gasteiger partial charge in [0.15, 0.2) is 0 Å². The second-order valence-electron chi connectivity index (χ2n) is 6.28. The predicted octanol–water partition coefficient (Wildman–Crippen LogP) is 6.46. The van der Waals surface area contributed by atoms with Gasteiger partial charge >= 0.3 is 6.18 Å². The van der Waals surface area contributed by atoms with E-state index in [-0.39, 0.29) is 10.6 Å². The zero-order chi connectivity index (χ0) is 17.6. The third kappa shape index (κ3) is 5.40. The summed E-state index contributed by atoms with van der Waals surface area (Å²) in [4.78, 5) is 5.43. The normalized spacial score (nSPS) is 17.1. The van der Waals surface area contributed by atoms with Crippen molar-refractivity contribution in [3.05, 3.63) is 34.3 Å². The number of benzene rings is 1. The molecule has 0 heterocycles. The molecule has 134 valence electrons. The molecule has 1 fully saturated rings. The molecule has 0 saturated heterocycles. The molecule has 1 aromatic carbocycles. The maximum Gasteiger partial charge on any atom is 0.417 e. The first-order valence-electron chi connectivity index (χ1n) is 8.47. The Morgan fingerprint density at radius 1 is 1.25 bits per heavy atom. The van der Waals surface area contributed by atoms with Crippen LogP contribution in [0.15, 0.2) is 23.4 Å². The minimum absolute atomic E-state index is 0.0143. The van der Waals surface area contributed by atoms with Gasteiger partial charge in [0.2, 0.25) is 0 Å². The summed E-state index contributed by atoms with van der Waals surface area (Å²) in [6.07, 6.45) is 2.46. The molecule has 0 bridgehead atoms. The van der Waals surface area contributed by atoms with Crippen LogP contribution in [0.5, 0.6) is 0 Å². The van der Waals surface area contributed by atoms with Crippen molar-refractivity contribution >= 4 is 17.3 Å². The van der Waals surface area contributed by atoms with E-state index in [4.69, 9.17) is 16.4 Å². The lowest BCUT2D eigenvalue weighted by Crippen LogP contribution is -2.15. The zero-order valence-corrected chi connectivity index (χ0v) is 14.6. The average Bonchev–Trinajstić information content (AvgIpc) is 2.54. The molecular weight excluding hydrogens is 339 g/mol. The van der Waals surface area contributed by atoms with Crippen molar-refractivity contribution in [1.29, 1.82) is 0 Å². The molecule has 0 radical (unpaired) electrons. The minimum atomic E-state index is -4.45. The Balaban J connectivity index is 2.19. The number of alkyl halides is 3. The van der Waals surface area contributed by atoms with E-state index < -0.39 is 11.7 Å². The van der Waals surface area contributed by atoms with Gasteiger partial charge in [-0.25, -0.2) is 0 Å². The van der Waals surface area contributed by atoms with E-state index >= 15 is 0 Å². The Hall–Kier alpha value is -1.23. The predicted molar refractivity (Wildman–Crippen MR) is 90.4 cm³/mol. The Morgan fingerprint density at radius 2 is 1.96 bits per heavy atom. The van der Waals surface area contributed by atoms with Gasteiger partial charge in [-0.3, -0.25) is 0 Å². The molecule has 0 unspecified atom stereocenters. The van der Waals surface area contributed by atoms with E-state index in [0.29, 0.717) is 31.1 Å². The van der Waals surface area contributed by atoms with Gasteiger partial charge in [-0.15, -0.1) is 0 Å². The summed E-state index contributed by atoms with van der Waals surface area (Å²) in [7, 11) is 0. The Morgan fingerprint density at radius 3 is 2.58 bits per heavy atom. The van der Waals surface area contributed by atoms with E-state index in [9.17, 15) is 13.2 Å². The van der Waals surface area contributed by atoms with Gasteiger partial charge in [0.05, 0.1) is 11.3 Å². The van der Waals surface area contributed by atoms with Crippen LogP contribution in [0.1, 0.15) is 63.0 Å². The lowest BCUT2D eigenvalue weighted by atomic mass is 9.90. The monoisotopic (exact) mass is 361 g/mol. The highest BCUT2D eigenvalue weighted by Crippen LogP contribution is 2.34. The maximum atomic E-state index is 13.3.